The van der Waals surface area contributed by atoms with E-state index in [-0.39, 0.29) is 10.6 Å². The number of benzene rings is 1. The SMILES string of the molecule is O=C(O)C=Cc1c(Br)ccc(Cl)c1F. The summed E-state index contributed by atoms with van der Waals surface area (Å²) in [7, 11) is 0. The number of carboxylic acid groups (broad SMARTS) is 1. The molecule has 0 saturated heterocycles. The van der Waals surface area contributed by atoms with Crippen LogP contribution in [0.15, 0.2) is 22.7 Å². The molecule has 0 aromatic heterocycles. The molecule has 0 spiro atoms. The summed E-state index contributed by atoms with van der Waals surface area (Å²) >= 11 is 8.61. The fraction of sp³-hybridized carbons (Fsp3) is 0. The van der Waals surface area contributed by atoms with E-state index in [2.05, 4.69) is 15.9 Å². The number of carbonyl (C=O) groups is 1. The van der Waals surface area contributed by atoms with Crippen LogP contribution < -0.4 is 0 Å². The van der Waals surface area contributed by atoms with Crippen molar-refractivity contribution in [3.63, 3.8) is 0 Å². The number of halogens is 3. The predicted octanol–water partition coefficient (Wildman–Crippen LogP) is 3.34. The Kier molecular flexibility index (Phi) is 3.66. The highest BCUT2D eigenvalue weighted by molar-refractivity contribution is 9.10. The molecule has 0 heterocycles. The van der Waals surface area contributed by atoms with Crippen molar-refractivity contribution in [1.29, 1.82) is 0 Å². The Morgan fingerprint density at radius 1 is 1.57 bits per heavy atom. The van der Waals surface area contributed by atoms with Gasteiger partial charge in [-0.25, -0.2) is 9.18 Å². The Morgan fingerprint density at radius 3 is 2.79 bits per heavy atom. The molecule has 1 N–H and O–H groups in total. The maximum atomic E-state index is 13.3. The zero-order chi connectivity index (χ0) is 10.7. The molecule has 0 aliphatic heterocycles. The van der Waals surface area contributed by atoms with Crippen LogP contribution in [0.4, 0.5) is 4.39 Å². The lowest BCUT2D eigenvalue weighted by Gasteiger charge is -2.01. The largest absolute Gasteiger partial charge is 0.478 e. The van der Waals surface area contributed by atoms with Gasteiger partial charge in [0.05, 0.1) is 5.02 Å². The zero-order valence-electron chi connectivity index (χ0n) is 6.80. The Bertz CT molecular complexity index is 404. The lowest BCUT2D eigenvalue weighted by atomic mass is 10.2. The van der Waals surface area contributed by atoms with Crippen molar-refractivity contribution in [2.75, 3.05) is 0 Å². The van der Waals surface area contributed by atoms with Gasteiger partial charge in [0.25, 0.3) is 0 Å². The lowest BCUT2D eigenvalue weighted by Crippen LogP contribution is -1.89. The number of hydrogen-bond acceptors (Lipinski definition) is 1. The van der Waals surface area contributed by atoms with E-state index in [9.17, 15) is 9.18 Å². The topological polar surface area (TPSA) is 37.3 Å². The van der Waals surface area contributed by atoms with Gasteiger partial charge in [-0.05, 0) is 18.2 Å². The van der Waals surface area contributed by atoms with Gasteiger partial charge < -0.3 is 5.11 Å². The van der Waals surface area contributed by atoms with Gasteiger partial charge in [-0.15, -0.1) is 0 Å². The van der Waals surface area contributed by atoms with Crippen molar-refractivity contribution in [2.45, 2.75) is 0 Å². The molecule has 2 nitrogen and oxygen atoms in total. The monoisotopic (exact) mass is 278 g/mol. The molecule has 0 radical (unpaired) electrons. The van der Waals surface area contributed by atoms with Crippen molar-refractivity contribution >= 4 is 39.6 Å². The average Bonchev–Trinajstić information content (AvgIpc) is 2.11. The Balaban J connectivity index is 3.19. The summed E-state index contributed by atoms with van der Waals surface area (Å²) < 4.78 is 13.8. The van der Waals surface area contributed by atoms with Crippen molar-refractivity contribution < 1.29 is 14.3 Å². The second kappa shape index (κ2) is 4.57. The van der Waals surface area contributed by atoms with Crippen LogP contribution in [-0.4, -0.2) is 11.1 Å². The molecule has 0 saturated carbocycles. The first-order valence-corrected chi connectivity index (χ1v) is 4.74. The lowest BCUT2D eigenvalue weighted by molar-refractivity contribution is -0.131. The Labute approximate surface area is 93.1 Å². The van der Waals surface area contributed by atoms with Crippen molar-refractivity contribution in [3.05, 3.63) is 39.1 Å². The molecule has 0 amide bonds. The maximum absolute atomic E-state index is 13.3. The highest BCUT2D eigenvalue weighted by Crippen LogP contribution is 2.26. The number of aliphatic carboxylic acids is 1. The van der Waals surface area contributed by atoms with E-state index >= 15 is 0 Å². The van der Waals surface area contributed by atoms with Gasteiger partial charge in [0.2, 0.25) is 0 Å². The highest BCUT2D eigenvalue weighted by Gasteiger charge is 2.08. The third-order valence-electron chi connectivity index (χ3n) is 1.47. The minimum absolute atomic E-state index is 0.0433. The van der Waals surface area contributed by atoms with Gasteiger partial charge in [-0.1, -0.05) is 27.5 Å². The third kappa shape index (κ3) is 2.56. The standard InChI is InChI=1S/C9H5BrClFO2/c10-6-2-3-7(11)9(12)5(6)1-4-8(13)14/h1-4H,(H,13,14). The molecular formula is C9H5BrClFO2. The molecule has 0 aliphatic carbocycles. The molecule has 1 rings (SSSR count). The molecule has 0 fully saturated rings. The van der Waals surface area contributed by atoms with Crippen LogP contribution in [0.2, 0.25) is 5.02 Å². The van der Waals surface area contributed by atoms with E-state index in [1.807, 2.05) is 0 Å². The van der Waals surface area contributed by atoms with Gasteiger partial charge in [0.1, 0.15) is 5.82 Å². The second-order valence-electron chi connectivity index (χ2n) is 2.43. The Hall–Kier alpha value is -0.870. The molecule has 5 heteroatoms. The molecular weight excluding hydrogens is 274 g/mol. The van der Waals surface area contributed by atoms with Crippen molar-refractivity contribution in [2.24, 2.45) is 0 Å². The van der Waals surface area contributed by atoms with Gasteiger partial charge in [-0.2, -0.15) is 0 Å². The molecule has 14 heavy (non-hydrogen) atoms. The minimum Gasteiger partial charge on any atom is -0.478 e. The van der Waals surface area contributed by atoms with Crippen LogP contribution in [0.1, 0.15) is 5.56 Å². The van der Waals surface area contributed by atoms with Gasteiger partial charge in [0.15, 0.2) is 0 Å². The fourth-order valence-corrected chi connectivity index (χ4v) is 1.45. The Morgan fingerprint density at radius 2 is 2.21 bits per heavy atom. The number of rotatable bonds is 2. The van der Waals surface area contributed by atoms with Crippen molar-refractivity contribution in [1.82, 2.24) is 0 Å². The summed E-state index contributed by atoms with van der Waals surface area (Å²) in [5.41, 5.74) is 0.125. The molecule has 0 atom stereocenters. The summed E-state index contributed by atoms with van der Waals surface area (Å²) in [5, 5.41) is 8.33. The summed E-state index contributed by atoms with van der Waals surface area (Å²) in [6.07, 6.45) is 1.99. The molecule has 0 bridgehead atoms. The highest BCUT2D eigenvalue weighted by atomic mass is 79.9. The first kappa shape index (κ1) is 11.2. The van der Waals surface area contributed by atoms with Crippen LogP contribution in [0.25, 0.3) is 6.08 Å². The van der Waals surface area contributed by atoms with E-state index in [1.165, 1.54) is 6.07 Å². The van der Waals surface area contributed by atoms with E-state index in [1.54, 1.807) is 6.07 Å². The number of carboxylic acids is 1. The quantitative estimate of drug-likeness (QED) is 0.666. The van der Waals surface area contributed by atoms with Crippen LogP contribution in [0.3, 0.4) is 0 Å². The van der Waals surface area contributed by atoms with E-state index < -0.39 is 11.8 Å². The maximum Gasteiger partial charge on any atom is 0.328 e. The molecule has 74 valence electrons. The molecule has 1 aromatic carbocycles. The first-order valence-electron chi connectivity index (χ1n) is 3.57. The second-order valence-corrected chi connectivity index (χ2v) is 3.69. The van der Waals surface area contributed by atoms with Crippen LogP contribution in [0, 0.1) is 5.82 Å². The average molecular weight is 279 g/mol. The van der Waals surface area contributed by atoms with Crippen LogP contribution >= 0.6 is 27.5 Å². The minimum atomic E-state index is -1.14. The molecule has 1 aromatic rings. The third-order valence-corrected chi connectivity index (χ3v) is 2.46. The summed E-state index contributed by atoms with van der Waals surface area (Å²) in [6.45, 7) is 0. The summed E-state index contributed by atoms with van der Waals surface area (Å²) in [6, 6.07) is 2.94. The smallest absolute Gasteiger partial charge is 0.328 e. The fourth-order valence-electron chi connectivity index (χ4n) is 0.850. The van der Waals surface area contributed by atoms with E-state index in [0.29, 0.717) is 4.47 Å². The summed E-state index contributed by atoms with van der Waals surface area (Å²) in [5.74, 6) is -1.78. The van der Waals surface area contributed by atoms with Crippen molar-refractivity contribution in [3.8, 4) is 0 Å². The predicted molar refractivity (Wildman–Crippen MR) is 55.8 cm³/mol. The normalized spacial score (nSPS) is 10.8. The van der Waals surface area contributed by atoms with Gasteiger partial charge >= 0.3 is 5.97 Å². The zero-order valence-corrected chi connectivity index (χ0v) is 9.14. The molecule has 0 aliphatic rings. The summed E-state index contributed by atoms with van der Waals surface area (Å²) in [4.78, 5) is 10.2. The van der Waals surface area contributed by atoms with Gasteiger partial charge in [0, 0.05) is 16.1 Å². The first-order chi connectivity index (χ1) is 6.52. The molecule has 0 unspecified atom stereocenters. The number of hydrogen-bond donors (Lipinski definition) is 1. The van der Waals surface area contributed by atoms with E-state index in [4.69, 9.17) is 16.7 Å². The van der Waals surface area contributed by atoms with Crippen LogP contribution in [-0.2, 0) is 4.79 Å². The van der Waals surface area contributed by atoms with E-state index in [0.717, 1.165) is 12.2 Å². The van der Waals surface area contributed by atoms with Gasteiger partial charge in [-0.3, -0.25) is 0 Å². The van der Waals surface area contributed by atoms with Crippen LogP contribution in [0.5, 0.6) is 0 Å².